The molecule has 5 rings (SSSR count). The summed E-state index contributed by atoms with van der Waals surface area (Å²) in [4.78, 5) is 32.0. The van der Waals surface area contributed by atoms with Gasteiger partial charge in [-0.25, -0.2) is 13.4 Å². The summed E-state index contributed by atoms with van der Waals surface area (Å²) in [6, 6.07) is 11.2. The van der Waals surface area contributed by atoms with E-state index in [2.05, 4.69) is 9.71 Å². The molecule has 2 aliphatic rings. The molecule has 1 unspecified atom stereocenters. The minimum absolute atomic E-state index is 0.0368. The minimum Gasteiger partial charge on any atom is -0.309 e. The zero-order chi connectivity index (χ0) is 24.6. The van der Waals surface area contributed by atoms with Crippen molar-refractivity contribution in [3.05, 3.63) is 72.2 Å². The maximum atomic E-state index is 13.4. The lowest BCUT2D eigenvalue weighted by Crippen LogP contribution is -2.39. The number of imide groups is 1. The summed E-state index contributed by atoms with van der Waals surface area (Å²) < 4.78 is 30.5. The fourth-order valence-electron chi connectivity index (χ4n) is 5.17. The number of rotatable bonds is 7. The lowest BCUT2D eigenvalue weighted by atomic mass is 9.85. The molecule has 3 aromatic rings. The summed E-state index contributed by atoms with van der Waals surface area (Å²) in [6.07, 6.45) is 11.5. The molecule has 0 spiro atoms. The maximum Gasteiger partial charge on any atom is 0.263 e. The molecule has 3 heterocycles. The average Bonchev–Trinajstić information content (AvgIpc) is 3.47. The number of amides is 2. The molecule has 1 fully saturated rings. The Hall–Kier alpha value is -3.46. The maximum absolute atomic E-state index is 13.4. The van der Waals surface area contributed by atoms with Gasteiger partial charge in [0.1, 0.15) is 10.7 Å². The molecule has 1 aromatic carbocycles. The molecule has 0 radical (unpaired) electrons. The van der Waals surface area contributed by atoms with Gasteiger partial charge >= 0.3 is 0 Å². The molecule has 1 aliphatic carbocycles. The van der Waals surface area contributed by atoms with Crippen LogP contribution in [0.2, 0.25) is 0 Å². The van der Waals surface area contributed by atoms with E-state index in [4.69, 9.17) is 0 Å². The highest BCUT2D eigenvalue weighted by molar-refractivity contribution is 7.92. The summed E-state index contributed by atoms with van der Waals surface area (Å²) in [6.45, 7) is 1.90. The van der Waals surface area contributed by atoms with Crippen LogP contribution in [0.25, 0.3) is 5.82 Å². The Bertz CT molecular complexity index is 1340. The van der Waals surface area contributed by atoms with Crippen LogP contribution in [-0.4, -0.2) is 40.7 Å². The number of nitrogens with one attached hydrogen (secondary N) is 1. The van der Waals surface area contributed by atoms with Crippen LogP contribution in [0.5, 0.6) is 0 Å². The third kappa shape index (κ3) is 4.48. The number of sulfonamides is 1. The van der Waals surface area contributed by atoms with Gasteiger partial charge in [-0.1, -0.05) is 38.2 Å². The number of hydrogen-bond donors (Lipinski definition) is 1. The van der Waals surface area contributed by atoms with Gasteiger partial charge in [0.05, 0.1) is 16.8 Å². The summed E-state index contributed by atoms with van der Waals surface area (Å²) in [7, 11) is -4.03. The summed E-state index contributed by atoms with van der Waals surface area (Å²) in [5, 5.41) is 0. The quantitative estimate of drug-likeness (QED) is 0.485. The van der Waals surface area contributed by atoms with Crippen LogP contribution in [0.1, 0.15) is 66.2 Å². The van der Waals surface area contributed by atoms with Crippen molar-refractivity contribution in [2.75, 3.05) is 4.72 Å². The topological polar surface area (TPSA) is 101 Å². The molecule has 0 saturated heterocycles. The molecule has 1 atom stereocenters. The van der Waals surface area contributed by atoms with Crippen molar-refractivity contribution in [3.8, 4) is 5.82 Å². The Balaban J connectivity index is 1.38. The molecule has 2 amide bonds. The summed E-state index contributed by atoms with van der Waals surface area (Å²) in [5.74, 6) is 0.265. The molecule has 1 aliphatic heterocycles. The number of benzene rings is 1. The van der Waals surface area contributed by atoms with Crippen LogP contribution in [0, 0.1) is 5.92 Å². The van der Waals surface area contributed by atoms with Crippen molar-refractivity contribution >= 4 is 27.5 Å². The number of carbonyl (C=O) groups excluding carboxylic acids is 2. The Morgan fingerprint density at radius 3 is 2.43 bits per heavy atom. The van der Waals surface area contributed by atoms with Gasteiger partial charge in [0.25, 0.3) is 21.8 Å². The first-order chi connectivity index (χ1) is 16.8. The zero-order valence-corrected chi connectivity index (χ0v) is 20.4. The number of anilines is 1. The molecule has 8 nitrogen and oxygen atoms in total. The van der Waals surface area contributed by atoms with E-state index in [1.807, 2.05) is 31.5 Å². The smallest absolute Gasteiger partial charge is 0.263 e. The first kappa shape index (κ1) is 23.3. The van der Waals surface area contributed by atoms with Gasteiger partial charge in [-0.2, -0.15) is 0 Å². The summed E-state index contributed by atoms with van der Waals surface area (Å²) >= 11 is 0. The molecule has 1 saturated carbocycles. The van der Waals surface area contributed by atoms with Crippen LogP contribution >= 0.6 is 0 Å². The van der Waals surface area contributed by atoms with Gasteiger partial charge in [-0.05, 0) is 55.7 Å². The predicted octanol–water partition coefficient (Wildman–Crippen LogP) is 4.63. The Morgan fingerprint density at radius 1 is 1.00 bits per heavy atom. The molecule has 1 N–H and O–H groups in total. The number of pyridine rings is 1. The van der Waals surface area contributed by atoms with Crippen molar-refractivity contribution in [3.63, 3.8) is 0 Å². The van der Waals surface area contributed by atoms with Gasteiger partial charge in [0.2, 0.25) is 0 Å². The van der Waals surface area contributed by atoms with Gasteiger partial charge in [0, 0.05) is 24.6 Å². The van der Waals surface area contributed by atoms with E-state index >= 15 is 0 Å². The second kappa shape index (κ2) is 9.30. The van der Waals surface area contributed by atoms with Crippen molar-refractivity contribution in [1.82, 2.24) is 14.5 Å². The highest BCUT2D eigenvalue weighted by Crippen LogP contribution is 2.35. The molecular weight excluding hydrogens is 464 g/mol. The molecule has 35 heavy (non-hydrogen) atoms. The second-order valence-corrected chi connectivity index (χ2v) is 11.0. The van der Waals surface area contributed by atoms with E-state index in [1.165, 1.54) is 42.5 Å². The van der Waals surface area contributed by atoms with Crippen LogP contribution in [0.15, 0.2) is 66.0 Å². The summed E-state index contributed by atoms with van der Waals surface area (Å²) in [5.41, 5.74) is 0.433. The number of fused-ring (bicyclic) bond motifs is 1. The number of hydrogen-bond acceptors (Lipinski definition) is 5. The van der Waals surface area contributed by atoms with E-state index < -0.39 is 15.9 Å². The molecular formula is C26H28N4O4S. The van der Waals surface area contributed by atoms with Crippen molar-refractivity contribution in [2.24, 2.45) is 5.92 Å². The first-order valence-electron chi connectivity index (χ1n) is 12.0. The molecule has 9 heteroatoms. The Labute approximate surface area is 205 Å². The Morgan fingerprint density at radius 2 is 1.74 bits per heavy atom. The lowest BCUT2D eigenvalue weighted by molar-refractivity contribution is 0.0571. The molecule has 2 aromatic heterocycles. The van der Waals surface area contributed by atoms with E-state index in [9.17, 15) is 18.0 Å². The highest BCUT2D eigenvalue weighted by Gasteiger charge is 2.41. The second-order valence-electron chi connectivity index (χ2n) is 9.35. The minimum atomic E-state index is -4.03. The number of aromatic nitrogens is 2. The van der Waals surface area contributed by atoms with Crippen LogP contribution in [-0.2, 0) is 10.0 Å². The third-order valence-corrected chi connectivity index (χ3v) is 8.28. The van der Waals surface area contributed by atoms with Gasteiger partial charge in [0.15, 0.2) is 0 Å². The van der Waals surface area contributed by atoms with Crippen LogP contribution < -0.4 is 4.72 Å². The number of carbonyl (C=O) groups is 2. The fourth-order valence-corrected chi connectivity index (χ4v) is 6.19. The number of nitrogens with zero attached hydrogens (tertiary/aromatic N) is 3. The Kier molecular flexibility index (Phi) is 6.19. The molecule has 182 valence electrons. The van der Waals surface area contributed by atoms with Crippen molar-refractivity contribution in [1.29, 1.82) is 0 Å². The highest BCUT2D eigenvalue weighted by atomic mass is 32.2. The monoisotopic (exact) mass is 492 g/mol. The third-order valence-electron chi connectivity index (χ3n) is 6.93. The standard InChI is InChI=1S/C26H28N4O4S/c1-18(16-19-8-3-2-4-9-19)30-25(31)21-10-7-11-22(24(21)26(30)32)28-35(33,34)20-12-13-23(27-17-20)29-14-5-6-15-29/h5-7,10-15,17-19,28H,2-4,8-9,16H2,1H3. The SMILES string of the molecule is CC(CC1CCCCC1)N1C(=O)c2cccc(NS(=O)(=O)c3ccc(-n4cccc4)nc3)c2C1=O. The van der Waals surface area contributed by atoms with E-state index in [0.29, 0.717) is 11.7 Å². The van der Waals surface area contributed by atoms with Gasteiger partial charge in [-0.15, -0.1) is 0 Å². The zero-order valence-electron chi connectivity index (χ0n) is 19.6. The van der Waals surface area contributed by atoms with Gasteiger partial charge in [-0.3, -0.25) is 19.2 Å². The van der Waals surface area contributed by atoms with E-state index in [1.54, 1.807) is 22.8 Å². The van der Waals surface area contributed by atoms with Crippen LogP contribution in [0.4, 0.5) is 5.69 Å². The lowest BCUT2D eigenvalue weighted by Gasteiger charge is -2.29. The largest absolute Gasteiger partial charge is 0.309 e. The van der Waals surface area contributed by atoms with Crippen LogP contribution in [0.3, 0.4) is 0 Å². The van der Waals surface area contributed by atoms with Gasteiger partial charge < -0.3 is 4.57 Å². The predicted molar refractivity (Wildman–Crippen MR) is 132 cm³/mol. The average molecular weight is 493 g/mol. The normalized spacial score (nSPS) is 17.5. The fraction of sp³-hybridized carbons (Fsp3) is 0.346. The van der Waals surface area contributed by atoms with E-state index in [0.717, 1.165) is 19.3 Å². The van der Waals surface area contributed by atoms with E-state index in [-0.39, 0.29) is 33.7 Å². The van der Waals surface area contributed by atoms with Crippen molar-refractivity contribution in [2.45, 2.75) is 56.4 Å². The van der Waals surface area contributed by atoms with Crippen molar-refractivity contribution < 1.29 is 18.0 Å². The molecule has 0 bridgehead atoms. The first-order valence-corrected chi connectivity index (χ1v) is 13.5.